The standard InChI is InChI=1S/C18H27FN2O2/c1-18(2,3)23-17(22)21-12-14-7-5-9-16(14)20-11-13-6-4-8-15(19)10-13/h4,6,8,10,14,16,20H,5,7,9,11-12H2,1-3H3,(H,21,22). The third kappa shape index (κ3) is 6.18. The molecule has 0 spiro atoms. The zero-order valence-corrected chi connectivity index (χ0v) is 14.2. The fourth-order valence-electron chi connectivity index (χ4n) is 2.97. The summed E-state index contributed by atoms with van der Waals surface area (Å²) < 4.78 is 18.5. The van der Waals surface area contributed by atoms with Crippen molar-refractivity contribution in [3.8, 4) is 0 Å². The van der Waals surface area contributed by atoms with Crippen molar-refractivity contribution in [3.05, 3.63) is 35.6 Å². The molecule has 4 nitrogen and oxygen atoms in total. The summed E-state index contributed by atoms with van der Waals surface area (Å²) in [5.74, 6) is 0.176. The molecule has 1 fully saturated rings. The van der Waals surface area contributed by atoms with Crippen LogP contribution in [0.3, 0.4) is 0 Å². The molecule has 23 heavy (non-hydrogen) atoms. The summed E-state index contributed by atoms with van der Waals surface area (Å²) >= 11 is 0. The fraction of sp³-hybridized carbons (Fsp3) is 0.611. The fourth-order valence-corrected chi connectivity index (χ4v) is 2.97. The van der Waals surface area contributed by atoms with Gasteiger partial charge in [-0.2, -0.15) is 0 Å². The van der Waals surface area contributed by atoms with Gasteiger partial charge in [-0.25, -0.2) is 9.18 Å². The number of carbonyl (C=O) groups is 1. The SMILES string of the molecule is CC(C)(C)OC(=O)NCC1CCCC1NCc1cccc(F)c1. The molecule has 0 radical (unpaired) electrons. The van der Waals surface area contributed by atoms with Crippen LogP contribution in [-0.2, 0) is 11.3 Å². The van der Waals surface area contributed by atoms with Crippen molar-refractivity contribution in [2.45, 2.75) is 58.2 Å². The van der Waals surface area contributed by atoms with E-state index < -0.39 is 5.60 Å². The number of halogens is 1. The van der Waals surface area contributed by atoms with E-state index in [2.05, 4.69) is 10.6 Å². The second-order valence-corrected chi connectivity index (χ2v) is 7.19. The zero-order chi connectivity index (χ0) is 16.9. The summed E-state index contributed by atoms with van der Waals surface area (Å²) in [6.45, 7) is 6.81. The lowest BCUT2D eigenvalue weighted by molar-refractivity contribution is 0.0517. The summed E-state index contributed by atoms with van der Waals surface area (Å²) in [4.78, 5) is 11.7. The van der Waals surface area contributed by atoms with Gasteiger partial charge in [0.2, 0.25) is 0 Å². The molecule has 0 bridgehead atoms. The van der Waals surface area contributed by atoms with E-state index in [1.807, 2.05) is 26.8 Å². The highest BCUT2D eigenvalue weighted by molar-refractivity contribution is 5.67. The summed E-state index contributed by atoms with van der Waals surface area (Å²) in [5.41, 5.74) is 0.463. The lowest BCUT2D eigenvalue weighted by Gasteiger charge is -2.23. The number of hydrogen-bond acceptors (Lipinski definition) is 3. The van der Waals surface area contributed by atoms with E-state index in [1.165, 1.54) is 6.07 Å². The van der Waals surface area contributed by atoms with Gasteiger partial charge < -0.3 is 15.4 Å². The van der Waals surface area contributed by atoms with Crippen molar-refractivity contribution in [2.75, 3.05) is 6.54 Å². The number of ether oxygens (including phenoxy) is 1. The summed E-state index contributed by atoms with van der Waals surface area (Å²) in [6, 6.07) is 6.98. The molecular formula is C18H27FN2O2. The average Bonchev–Trinajstić information content (AvgIpc) is 2.88. The first kappa shape index (κ1) is 17.7. The summed E-state index contributed by atoms with van der Waals surface area (Å²) in [7, 11) is 0. The van der Waals surface area contributed by atoms with Gasteiger partial charge in [-0.05, 0) is 57.2 Å². The van der Waals surface area contributed by atoms with Gasteiger partial charge in [0, 0.05) is 19.1 Å². The largest absolute Gasteiger partial charge is 0.444 e. The van der Waals surface area contributed by atoms with Gasteiger partial charge in [-0.3, -0.25) is 0 Å². The maximum atomic E-state index is 13.2. The van der Waals surface area contributed by atoms with E-state index >= 15 is 0 Å². The molecule has 0 aliphatic heterocycles. The van der Waals surface area contributed by atoms with Crippen LogP contribution < -0.4 is 10.6 Å². The Labute approximate surface area is 137 Å². The maximum Gasteiger partial charge on any atom is 0.407 e. The number of amides is 1. The van der Waals surface area contributed by atoms with E-state index in [-0.39, 0.29) is 11.9 Å². The van der Waals surface area contributed by atoms with Crippen molar-refractivity contribution in [3.63, 3.8) is 0 Å². The van der Waals surface area contributed by atoms with Gasteiger partial charge in [0.15, 0.2) is 0 Å². The Morgan fingerprint density at radius 1 is 1.35 bits per heavy atom. The van der Waals surface area contributed by atoms with Crippen molar-refractivity contribution < 1.29 is 13.9 Å². The van der Waals surface area contributed by atoms with Crippen LogP contribution in [0, 0.1) is 11.7 Å². The van der Waals surface area contributed by atoms with Crippen LogP contribution in [0.2, 0.25) is 0 Å². The number of rotatable bonds is 5. The molecule has 5 heteroatoms. The van der Waals surface area contributed by atoms with Gasteiger partial charge in [0.05, 0.1) is 0 Å². The Morgan fingerprint density at radius 3 is 2.83 bits per heavy atom. The Hall–Kier alpha value is -1.62. The monoisotopic (exact) mass is 322 g/mol. The molecule has 1 amide bonds. The first-order valence-electron chi connectivity index (χ1n) is 8.28. The smallest absolute Gasteiger partial charge is 0.407 e. The first-order valence-corrected chi connectivity index (χ1v) is 8.28. The van der Waals surface area contributed by atoms with Gasteiger partial charge in [-0.1, -0.05) is 18.6 Å². The highest BCUT2D eigenvalue weighted by Gasteiger charge is 2.27. The molecule has 1 saturated carbocycles. The van der Waals surface area contributed by atoms with E-state index in [9.17, 15) is 9.18 Å². The van der Waals surface area contributed by atoms with Crippen molar-refractivity contribution in [2.24, 2.45) is 5.92 Å². The minimum absolute atomic E-state index is 0.209. The number of alkyl carbamates (subject to hydrolysis) is 1. The normalized spacial score (nSPS) is 21.2. The predicted molar refractivity (Wildman–Crippen MR) is 88.6 cm³/mol. The second kappa shape index (κ2) is 7.77. The average molecular weight is 322 g/mol. The van der Waals surface area contributed by atoms with Crippen LogP contribution in [0.5, 0.6) is 0 Å². The molecule has 2 N–H and O–H groups in total. The van der Waals surface area contributed by atoms with Gasteiger partial charge >= 0.3 is 6.09 Å². The predicted octanol–water partition coefficient (Wildman–Crippen LogP) is 3.61. The van der Waals surface area contributed by atoms with Crippen molar-refractivity contribution in [1.82, 2.24) is 10.6 Å². The Kier molecular flexibility index (Phi) is 5.99. The number of hydrogen-bond donors (Lipinski definition) is 2. The van der Waals surface area contributed by atoms with E-state index in [1.54, 1.807) is 12.1 Å². The molecule has 0 heterocycles. The zero-order valence-electron chi connectivity index (χ0n) is 14.2. The molecule has 2 rings (SSSR count). The number of carbonyl (C=O) groups excluding carboxylic acids is 1. The first-order chi connectivity index (χ1) is 10.8. The van der Waals surface area contributed by atoms with Crippen LogP contribution in [0.1, 0.15) is 45.6 Å². The van der Waals surface area contributed by atoms with Crippen molar-refractivity contribution in [1.29, 1.82) is 0 Å². The minimum atomic E-state index is -0.477. The summed E-state index contributed by atoms with van der Waals surface area (Å²) in [5, 5.41) is 6.35. The summed E-state index contributed by atoms with van der Waals surface area (Å²) in [6.07, 6.45) is 2.93. The Bertz CT molecular complexity index is 528. The van der Waals surface area contributed by atoms with E-state index in [4.69, 9.17) is 4.74 Å². The van der Waals surface area contributed by atoms with Crippen LogP contribution in [0.25, 0.3) is 0 Å². The lowest BCUT2D eigenvalue weighted by Crippen LogP contribution is -2.40. The number of benzene rings is 1. The maximum absolute atomic E-state index is 13.2. The molecule has 0 saturated heterocycles. The third-order valence-corrected chi connectivity index (χ3v) is 4.02. The van der Waals surface area contributed by atoms with Gasteiger partial charge in [0.25, 0.3) is 0 Å². The molecular weight excluding hydrogens is 295 g/mol. The van der Waals surface area contributed by atoms with Crippen molar-refractivity contribution >= 4 is 6.09 Å². The molecule has 128 valence electrons. The second-order valence-electron chi connectivity index (χ2n) is 7.19. The Morgan fingerprint density at radius 2 is 2.13 bits per heavy atom. The third-order valence-electron chi connectivity index (χ3n) is 4.02. The van der Waals surface area contributed by atoms with Crippen LogP contribution in [0.4, 0.5) is 9.18 Å². The minimum Gasteiger partial charge on any atom is -0.444 e. The van der Waals surface area contributed by atoms with Crippen LogP contribution >= 0.6 is 0 Å². The molecule has 1 aromatic carbocycles. The van der Waals surface area contributed by atoms with Crippen LogP contribution in [0.15, 0.2) is 24.3 Å². The molecule has 1 aromatic rings. The molecule has 0 aromatic heterocycles. The van der Waals surface area contributed by atoms with Gasteiger partial charge in [-0.15, -0.1) is 0 Å². The van der Waals surface area contributed by atoms with E-state index in [0.29, 0.717) is 25.0 Å². The molecule has 2 atom stereocenters. The van der Waals surface area contributed by atoms with Crippen LogP contribution in [-0.4, -0.2) is 24.3 Å². The lowest BCUT2D eigenvalue weighted by atomic mass is 10.0. The Balaban J connectivity index is 1.77. The highest BCUT2D eigenvalue weighted by Crippen LogP contribution is 2.25. The highest BCUT2D eigenvalue weighted by atomic mass is 19.1. The molecule has 1 aliphatic carbocycles. The topological polar surface area (TPSA) is 50.4 Å². The number of nitrogens with one attached hydrogen (secondary N) is 2. The molecule has 2 unspecified atom stereocenters. The molecule has 1 aliphatic rings. The van der Waals surface area contributed by atoms with E-state index in [0.717, 1.165) is 24.8 Å². The quantitative estimate of drug-likeness (QED) is 0.871. The van der Waals surface area contributed by atoms with Gasteiger partial charge in [0.1, 0.15) is 11.4 Å².